The Kier molecular flexibility index (Phi) is 3.57. The molecule has 6 heteroatoms. The highest BCUT2D eigenvalue weighted by atomic mass is 16.5. The van der Waals surface area contributed by atoms with Gasteiger partial charge >= 0.3 is 0 Å². The minimum absolute atomic E-state index is 0.116. The topological polar surface area (TPSA) is 82.1 Å². The molecule has 4 aromatic rings. The molecule has 0 atom stereocenters. The number of hydrogen-bond acceptors (Lipinski definition) is 4. The fourth-order valence-electron chi connectivity index (χ4n) is 2.80. The largest absolute Gasteiger partial charge is 0.618 e. The number of amides is 1. The van der Waals surface area contributed by atoms with Crippen LogP contribution in [0.1, 0.15) is 21.9 Å². The smallest absolute Gasteiger partial charge is 0.276 e. The van der Waals surface area contributed by atoms with E-state index in [9.17, 15) is 10.0 Å². The Hall–Kier alpha value is -3.41. The van der Waals surface area contributed by atoms with E-state index in [2.05, 4.69) is 10.3 Å². The molecule has 2 aromatic carbocycles. The monoisotopic (exact) mass is 333 g/mol. The van der Waals surface area contributed by atoms with E-state index in [0.29, 0.717) is 16.8 Å². The summed E-state index contributed by atoms with van der Waals surface area (Å²) in [7, 11) is 0. The van der Waals surface area contributed by atoms with Crippen LogP contribution in [-0.4, -0.2) is 10.9 Å². The van der Waals surface area contributed by atoms with E-state index >= 15 is 0 Å². The maximum absolute atomic E-state index is 12.5. The van der Waals surface area contributed by atoms with Crippen LogP contribution in [-0.2, 0) is 6.54 Å². The van der Waals surface area contributed by atoms with Gasteiger partial charge in [-0.1, -0.05) is 30.3 Å². The predicted molar refractivity (Wildman–Crippen MR) is 92.8 cm³/mol. The summed E-state index contributed by atoms with van der Waals surface area (Å²) in [6.07, 6.45) is 0. The van der Waals surface area contributed by atoms with E-state index in [1.807, 2.05) is 30.3 Å². The maximum Gasteiger partial charge on any atom is 0.276 e. The molecule has 1 amide bonds. The molecule has 0 fully saturated rings. The fraction of sp³-hybridized carbons (Fsp3) is 0.105. The minimum Gasteiger partial charge on any atom is -0.618 e. The zero-order chi connectivity index (χ0) is 17.4. The first-order valence-electron chi connectivity index (χ1n) is 7.88. The Bertz CT molecular complexity index is 1070. The van der Waals surface area contributed by atoms with Crippen molar-refractivity contribution in [3.05, 3.63) is 77.0 Å². The van der Waals surface area contributed by atoms with Crippen molar-refractivity contribution in [2.45, 2.75) is 13.5 Å². The number of nitrogens with zero attached hydrogens (tertiary/aromatic N) is 2. The summed E-state index contributed by atoms with van der Waals surface area (Å²) in [6.45, 7) is 1.81. The normalized spacial score (nSPS) is 11.1. The molecule has 1 N–H and O–H groups in total. The first-order chi connectivity index (χ1) is 12.1. The summed E-state index contributed by atoms with van der Waals surface area (Å²) in [5.74, 6) is 0.233. The number of fused-ring (bicyclic) bond motifs is 2. The van der Waals surface area contributed by atoms with E-state index in [4.69, 9.17) is 4.42 Å². The highest BCUT2D eigenvalue weighted by Gasteiger charge is 2.20. The van der Waals surface area contributed by atoms with Gasteiger partial charge in [-0.3, -0.25) is 4.79 Å². The van der Waals surface area contributed by atoms with Gasteiger partial charge in [-0.05, 0) is 18.2 Å². The Morgan fingerprint density at radius 2 is 1.96 bits per heavy atom. The van der Waals surface area contributed by atoms with E-state index in [1.54, 1.807) is 31.2 Å². The predicted octanol–water partition coefficient (Wildman–Crippen LogP) is 2.85. The summed E-state index contributed by atoms with van der Waals surface area (Å²) in [5, 5.41) is 16.1. The number of hydrogen-bond donors (Lipinski definition) is 1. The quantitative estimate of drug-likeness (QED) is 0.462. The standard InChI is InChI=1S/C19H15N3O3/c1-12-18(21-15-7-3-4-8-16(15)22(12)24)19(23)20-11-14-10-13-6-2-5-9-17(13)25-14/h2-10H,11H2,1H3,(H,20,23). The number of aromatic nitrogens is 2. The van der Waals surface area contributed by atoms with Crippen LogP contribution in [0.4, 0.5) is 0 Å². The third-order valence-electron chi connectivity index (χ3n) is 4.09. The van der Waals surface area contributed by atoms with Crippen molar-refractivity contribution < 1.29 is 13.9 Å². The highest BCUT2D eigenvalue weighted by molar-refractivity contribution is 5.94. The van der Waals surface area contributed by atoms with Crippen LogP contribution >= 0.6 is 0 Å². The lowest BCUT2D eigenvalue weighted by Crippen LogP contribution is -2.36. The molecule has 4 rings (SSSR count). The molecular formula is C19H15N3O3. The van der Waals surface area contributed by atoms with Crippen molar-refractivity contribution in [1.29, 1.82) is 0 Å². The van der Waals surface area contributed by atoms with Crippen LogP contribution in [0.15, 0.2) is 59.0 Å². The summed E-state index contributed by atoms with van der Waals surface area (Å²) in [4.78, 5) is 16.8. The van der Waals surface area contributed by atoms with Gasteiger partial charge in [0, 0.05) is 18.4 Å². The third kappa shape index (κ3) is 2.67. The van der Waals surface area contributed by atoms with Crippen molar-refractivity contribution >= 4 is 27.9 Å². The third-order valence-corrected chi connectivity index (χ3v) is 4.09. The van der Waals surface area contributed by atoms with Gasteiger partial charge in [0.25, 0.3) is 5.91 Å². The van der Waals surface area contributed by atoms with Crippen molar-refractivity contribution in [3.8, 4) is 0 Å². The van der Waals surface area contributed by atoms with Crippen LogP contribution in [0, 0.1) is 12.1 Å². The lowest BCUT2D eigenvalue weighted by molar-refractivity contribution is -0.584. The molecule has 0 saturated heterocycles. The number of furan rings is 1. The van der Waals surface area contributed by atoms with Crippen LogP contribution in [0.5, 0.6) is 0 Å². The van der Waals surface area contributed by atoms with Gasteiger partial charge in [-0.25, -0.2) is 4.98 Å². The minimum atomic E-state index is -0.409. The van der Waals surface area contributed by atoms with Crippen LogP contribution in [0.2, 0.25) is 0 Å². The molecule has 0 aliphatic rings. The van der Waals surface area contributed by atoms with Crippen LogP contribution < -0.4 is 10.0 Å². The lowest BCUT2D eigenvalue weighted by atomic mass is 10.2. The van der Waals surface area contributed by atoms with Gasteiger partial charge in [-0.2, -0.15) is 4.73 Å². The van der Waals surface area contributed by atoms with Crippen LogP contribution in [0.3, 0.4) is 0 Å². The molecular weight excluding hydrogens is 318 g/mol. The summed E-state index contributed by atoms with van der Waals surface area (Å²) < 4.78 is 6.41. The van der Waals surface area contributed by atoms with Gasteiger partial charge in [0.15, 0.2) is 5.69 Å². The van der Waals surface area contributed by atoms with Crippen molar-refractivity contribution in [3.63, 3.8) is 0 Å². The Balaban J connectivity index is 1.60. The van der Waals surface area contributed by atoms with Gasteiger partial charge in [0.2, 0.25) is 11.2 Å². The summed E-state index contributed by atoms with van der Waals surface area (Å²) in [5.41, 5.74) is 2.07. The Morgan fingerprint density at radius 1 is 1.20 bits per heavy atom. The number of nitrogens with one attached hydrogen (secondary N) is 1. The van der Waals surface area contributed by atoms with E-state index in [1.165, 1.54) is 0 Å². The molecule has 2 aromatic heterocycles. The van der Waals surface area contributed by atoms with E-state index in [0.717, 1.165) is 15.7 Å². The molecule has 6 nitrogen and oxygen atoms in total. The molecule has 25 heavy (non-hydrogen) atoms. The number of benzene rings is 2. The van der Waals surface area contributed by atoms with Crippen molar-refractivity contribution in [1.82, 2.24) is 10.3 Å². The van der Waals surface area contributed by atoms with Gasteiger partial charge in [0.1, 0.15) is 16.9 Å². The van der Waals surface area contributed by atoms with Crippen molar-refractivity contribution in [2.75, 3.05) is 0 Å². The molecule has 0 aliphatic heterocycles. The first kappa shape index (κ1) is 15.1. The number of para-hydroxylation sites is 3. The van der Waals surface area contributed by atoms with Gasteiger partial charge in [0.05, 0.1) is 6.54 Å². The highest BCUT2D eigenvalue weighted by Crippen LogP contribution is 2.18. The zero-order valence-corrected chi connectivity index (χ0v) is 13.5. The zero-order valence-electron chi connectivity index (χ0n) is 13.5. The number of carbonyl (C=O) groups is 1. The second-order valence-corrected chi connectivity index (χ2v) is 5.76. The van der Waals surface area contributed by atoms with E-state index < -0.39 is 5.91 Å². The SMILES string of the molecule is Cc1c(C(=O)NCc2cc3ccccc3o2)nc2ccccc2[n+]1[O-]. The van der Waals surface area contributed by atoms with Crippen LogP contribution in [0.25, 0.3) is 22.0 Å². The van der Waals surface area contributed by atoms with Gasteiger partial charge < -0.3 is 14.9 Å². The first-order valence-corrected chi connectivity index (χ1v) is 7.88. The molecule has 124 valence electrons. The average Bonchev–Trinajstić information content (AvgIpc) is 3.05. The Labute approximate surface area is 143 Å². The second kappa shape index (κ2) is 5.90. The molecule has 0 radical (unpaired) electrons. The average molecular weight is 333 g/mol. The second-order valence-electron chi connectivity index (χ2n) is 5.76. The summed E-state index contributed by atoms with van der Waals surface area (Å²) in [6, 6.07) is 16.4. The van der Waals surface area contributed by atoms with E-state index in [-0.39, 0.29) is 17.9 Å². The maximum atomic E-state index is 12.5. The van der Waals surface area contributed by atoms with Gasteiger partial charge in [-0.15, -0.1) is 0 Å². The Morgan fingerprint density at radius 3 is 2.80 bits per heavy atom. The fourth-order valence-corrected chi connectivity index (χ4v) is 2.80. The number of rotatable bonds is 3. The molecule has 0 spiro atoms. The van der Waals surface area contributed by atoms with Crippen molar-refractivity contribution in [2.24, 2.45) is 0 Å². The molecule has 0 unspecified atom stereocenters. The number of carbonyl (C=O) groups excluding carboxylic acids is 1. The molecule has 0 aliphatic carbocycles. The molecule has 2 heterocycles. The summed E-state index contributed by atoms with van der Waals surface area (Å²) >= 11 is 0. The molecule has 0 bridgehead atoms. The molecule has 0 saturated carbocycles. The lowest BCUT2D eigenvalue weighted by Gasteiger charge is -2.09.